The van der Waals surface area contributed by atoms with Crippen molar-refractivity contribution in [3.63, 3.8) is 0 Å². The summed E-state index contributed by atoms with van der Waals surface area (Å²) >= 11 is 0. The van der Waals surface area contributed by atoms with Crippen LogP contribution in [0.3, 0.4) is 0 Å². The zero-order valence-corrected chi connectivity index (χ0v) is 19.2. The van der Waals surface area contributed by atoms with E-state index in [-0.39, 0.29) is 5.91 Å². The van der Waals surface area contributed by atoms with Gasteiger partial charge in [-0.15, -0.1) is 0 Å². The number of amides is 1. The average Bonchev–Trinajstić information content (AvgIpc) is 2.76. The van der Waals surface area contributed by atoms with Crippen LogP contribution in [-0.4, -0.2) is 53.4 Å². The Kier molecular flexibility index (Phi) is 7.43. The van der Waals surface area contributed by atoms with Gasteiger partial charge in [-0.05, 0) is 62.1 Å². The van der Waals surface area contributed by atoms with Gasteiger partial charge in [0, 0.05) is 25.3 Å². The molecule has 1 N–H and O–H groups in total. The van der Waals surface area contributed by atoms with Gasteiger partial charge in [-0.1, -0.05) is 18.2 Å². The predicted molar refractivity (Wildman–Crippen MR) is 124 cm³/mol. The van der Waals surface area contributed by atoms with E-state index in [0.717, 1.165) is 42.9 Å². The molecule has 8 heteroatoms. The van der Waals surface area contributed by atoms with Gasteiger partial charge in [0.05, 0.1) is 19.1 Å². The van der Waals surface area contributed by atoms with E-state index in [9.17, 15) is 13.2 Å². The van der Waals surface area contributed by atoms with Crippen LogP contribution in [0.5, 0.6) is 5.75 Å². The minimum Gasteiger partial charge on any atom is -0.497 e. The standard InChI is InChI=1S/C23H31N3O4S/c1-18(26(31(3,28)29)20-11-13-21(30-2)14-12-20)23(27)24-15-7-17-25-16-6-9-19-8-4-5-10-22(19)25/h4-5,8,10-14,18H,6-7,9,15-17H2,1-3H3,(H,24,27)/t18-/m0/s1. The molecule has 0 unspecified atom stereocenters. The number of nitrogens with zero attached hydrogens (tertiary/aromatic N) is 2. The summed E-state index contributed by atoms with van der Waals surface area (Å²) in [5.41, 5.74) is 3.07. The van der Waals surface area contributed by atoms with Crippen LogP contribution in [0.25, 0.3) is 0 Å². The van der Waals surface area contributed by atoms with Gasteiger partial charge >= 0.3 is 0 Å². The molecular weight excluding hydrogens is 414 g/mol. The Labute approximate surface area is 185 Å². The van der Waals surface area contributed by atoms with Gasteiger partial charge < -0.3 is 15.0 Å². The smallest absolute Gasteiger partial charge is 0.243 e. The first-order valence-corrected chi connectivity index (χ1v) is 12.4. The van der Waals surface area contributed by atoms with Gasteiger partial charge in [-0.3, -0.25) is 9.10 Å². The van der Waals surface area contributed by atoms with Gasteiger partial charge in [0.2, 0.25) is 15.9 Å². The summed E-state index contributed by atoms with van der Waals surface area (Å²) in [6.45, 7) is 3.95. The second kappa shape index (κ2) is 10.0. The maximum atomic E-state index is 12.7. The molecule has 0 aromatic heterocycles. The first-order chi connectivity index (χ1) is 14.8. The quantitative estimate of drug-likeness (QED) is 0.601. The zero-order chi connectivity index (χ0) is 22.4. The molecule has 7 nitrogen and oxygen atoms in total. The second-order valence-electron chi connectivity index (χ2n) is 7.80. The molecule has 1 amide bonds. The highest BCUT2D eigenvalue weighted by Crippen LogP contribution is 2.26. The molecule has 0 fully saturated rings. The monoisotopic (exact) mass is 445 g/mol. The number of carbonyl (C=O) groups is 1. The number of hydrogen-bond acceptors (Lipinski definition) is 5. The fourth-order valence-electron chi connectivity index (χ4n) is 4.01. The van der Waals surface area contributed by atoms with E-state index in [4.69, 9.17) is 4.74 Å². The number of methoxy groups -OCH3 is 1. The minimum absolute atomic E-state index is 0.319. The number of hydrogen-bond donors (Lipinski definition) is 1. The first-order valence-electron chi connectivity index (χ1n) is 10.6. The van der Waals surface area contributed by atoms with E-state index in [0.29, 0.717) is 18.0 Å². The molecule has 1 atom stereocenters. The van der Waals surface area contributed by atoms with Crippen LogP contribution in [0.2, 0.25) is 0 Å². The first kappa shape index (κ1) is 22.9. The molecule has 1 aliphatic rings. The maximum absolute atomic E-state index is 12.7. The second-order valence-corrected chi connectivity index (χ2v) is 9.66. The third kappa shape index (κ3) is 5.70. The van der Waals surface area contributed by atoms with Crippen LogP contribution in [0, 0.1) is 0 Å². The molecule has 0 saturated carbocycles. The summed E-state index contributed by atoms with van der Waals surface area (Å²) < 4.78 is 31.1. The summed E-state index contributed by atoms with van der Waals surface area (Å²) in [6, 6.07) is 14.2. The van der Waals surface area contributed by atoms with Crippen molar-refractivity contribution >= 4 is 27.3 Å². The molecule has 0 aliphatic carbocycles. The molecule has 1 aliphatic heterocycles. The summed E-state index contributed by atoms with van der Waals surface area (Å²) in [7, 11) is -2.10. The number of ether oxygens (including phenoxy) is 1. The van der Waals surface area contributed by atoms with E-state index in [1.165, 1.54) is 11.3 Å². The summed E-state index contributed by atoms with van der Waals surface area (Å²) in [5.74, 6) is 0.300. The molecule has 2 aromatic rings. The molecule has 0 saturated heterocycles. The zero-order valence-electron chi connectivity index (χ0n) is 18.4. The van der Waals surface area contributed by atoms with E-state index in [1.54, 1.807) is 38.3 Å². The van der Waals surface area contributed by atoms with E-state index < -0.39 is 16.1 Å². The number of nitrogens with one attached hydrogen (secondary N) is 1. The largest absolute Gasteiger partial charge is 0.497 e. The third-order valence-electron chi connectivity index (χ3n) is 5.53. The van der Waals surface area contributed by atoms with Crippen molar-refractivity contribution in [1.29, 1.82) is 0 Å². The van der Waals surface area contributed by atoms with Crippen molar-refractivity contribution in [2.75, 3.05) is 42.2 Å². The molecule has 0 radical (unpaired) electrons. The lowest BCUT2D eigenvalue weighted by Gasteiger charge is -2.31. The van der Waals surface area contributed by atoms with Gasteiger partial charge in [0.25, 0.3) is 0 Å². The van der Waals surface area contributed by atoms with Gasteiger partial charge in [-0.25, -0.2) is 8.42 Å². The van der Waals surface area contributed by atoms with Gasteiger partial charge in [0.1, 0.15) is 11.8 Å². The normalized spacial score (nSPS) is 14.5. The minimum atomic E-state index is -3.64. The number of fused-ring (bicyclic) bond motifs is 1. The summed E-state index contributed by atoms with van der Waals surface area (Å²) in [5, 5.41) is 2.89. The number of para-hydroxylation sites is 1. The van der Waals surface area contributed by atoms with Crippen molar-refractivity contribution in [3.8, 4) is 5.75 Å². The maximum Gasteiger partial charge on any atom is 0.243 e. The molecular formula is C23H31N3O4S. The van der Waals surface area contributed by atoms with E-state index >= 15 is 0 Å². The van der Waals surface area contributed by atoms with Crippen LogP contribution < -0.4 is 19.3 Å². The molecule has 1 heterocycles. The lowest BCUT2D eigenvalue weighted by atomic mass is 10.0. The highest BCUT2D eigenvalue weighted by Gasteiger charge is 2.29. The molecule has 0 spiro atoms. The van der Waals surface area contributed by atoms with Crippen molar-refractivity contribution in [2.24, 2.45) is 0 Å². The Morgan fingerprint density at radius 3 is 2.58 bits per heavy atom. The number of aryl methyl sites for hydroxylation is 1. The Hall–Kier alpha value is -2.74. The average molecular weight is 446 g/mol. The Balaban J connectivity index is 1.57. The van der Waals surface area contributed by atoms with Crippen molar-refractivity contribution in [1.82, 2.24) is 5.32 Å². The third-order valence-corrected chi connectivity index (χ3v) is 6.77. The number of rotatable bonds is 9. The van der Waals surface area contributed by atoms with Crippen molar-refractivity contribution < 1.29 is 17.9 Å². The van der Waals surface area contributed by atoms with Crippen LogP contribution in [-0.2, 0) is 21.2 Å². The Bertz CT molecular complexity index is 992. The van der Waals surface area contributed by atoms with Crippen molar-refractivity contribution in [2.45, 2.75) is 32.2 Å². The Morgan fingerprint density at radius 1 is 1.19 bits per heavy atom. The summed E-state index contributed by atoms with van der Waals surface area (Å²) in [4.78, 5) is 15.1. The fraction of sp³-hybridized carbons (Fsp3) is 0.435. The fourth-order valence-corrected chi connectivity index (χ4v) is 5.19. The molecule has 168 valence electrons. The predicted octanol–water partition coefficient (Wildman–Crippen LogP) is 2.81. The lowest BCUT2D eigenvalue weighted by Crippen LogP contribution is -2.48. The van der Waals surface area contributed by atoms with Crippen molar-refractivity contribution in [3.05, 3.63) is 54.1 Å². The van der Waals surface area contributed by atoms with Gasteiger partial charge in [-0.2, -0.15) is 0 Å². The lowest BCUT2D eigenvalue weighted by molar-refractivity contribution is -0.121. The topological polar surface area (TPSA) is 79.0 Å². The number of sulfonamides is 1. The Morgan fingerprint density at radius 2 is 1.90 bits per heavy atom. The van der Waals surface area contributed by atoms with Crippen LogP contribution in [0.4, 0.5) is 11.4 Å². The van der Waals surface area contributed by atoms with Crippen LogP contribution in [0.15, 0.2) is 48.5 Å². The number of anilines is 2. The molecule has 3 rings (SSSR count). The van der Waals surface area contributed by atoms with E-state index in [2.05, 4.69) is 34.5 Å². The van der Waals surface area contributed by atoms with Crippen LogP contribution >= 0.6 is 0 Å². The van der Waals surface area contributed by atoms with Gasteiger partial charge in [0.15, 0.2) is 0 Å². The molecule has 31 heavy (non-hydrogen) atoms. The molecule has 2 aromatic carbocycles. The van der Waals surface area contributed by atoms with Crippen LogP contribution in [0.1, 0.15) is 25.3 Å². The summed E-state index contributed by atoms with van der Waals surface area (Å²) in [6.07, 6.45) is 4.13. The highest BCUT2D eigenvalue weighted by molar-refractivity contribution is 7.92. The SMILES string of the molecule is COc1ccc(N([C@@H](C)C(=O)NCCCN2CCCc3ccccc32)S(C)(=O)=O)cc1. The number of carbonyl (C=O) groups excluding carboxylic acids is 1. The highest BCUT2D eigenvalue weighted by atomic mass is 32.2. The molecule has 0 bridgehead atoms. The number of benzene rings is 2. The van der Waals surface area contributed by atoms with E-state index in [1.807, 2.05) is 0 Å².